The van der Waals surface area contributed by atoms with Gasteiger partial charge in [-0.3, -0.25) is 4.79 Å². The Morgan fingerprint density at radius 3 is 2.25 bits per heavy atom. The molecule has 168 valence electrons. The van der Waals surface area contributed by atoms with Crippen molar-refractivity contribution in [3.05, 3.63) is 70.9 Å². The largest absolute Gasteiger partial charge is 0.497 e. The lowest BCUT2D eigenvalue weighted by molar-refractivity contribution is -0.136. The molecule has 1 unspecified atom stereocenters. The van der Waals surface area contributed by atoms with Crippen molar-refractivity contribution < 1.29 is 19.1 Å². The van der Waals surface area contributed by atoms with Crippen molar-refractivity contribution in [2.24, 2.45) is 0 Å². The van der Waals surface area contributed by atoms with Gasteiger partial charge in [0.2, 0.25) is 0 Å². The van der Waals surface area contributed by atoms with Gasteiger partial charge >= 0.3 is 5.97 Å². The highest BCUT2D eigenvalue weighted by molar-refractivity contribution is 7.80. The van der Waals surface area contributed by atoms with Crippen LogP contribution < -0.4 is 15.4 Å². The normalized spacial score (nSPS) is 15.8. The van der Waals surface area contributed by atoms with E-state index in [9.17, 15) is 9.59 Å². The van der Waals surface area contributed by atoms with Crippen molar-refractivity contribution >= 4 is 34.9 Å². The number of amides is 1. The van der Waals surface area contributed by atoms with Crippen LogP contribution in [0.2, 0.25) is 0 Å². The Labute approximate surface area is 193 Å². The topological polar surface area (TPSA) is 79.9 Å². The molecule has 0 saturated heterocycles. The average molecular weight is 454 g/mol. The van der Waals surface area contributed by atoms with Gasteiger partial charge in [0.05, 0.1) is 25.8 Å². The molecule has 8 heteroatoms. The number of nitrogens with zero attached hydrogens (tertiary/aromatic N) is 1. The molecule has 0 aliphatic carbocycles. The number of thiocarbonyl (C=S) groups is 1. The minimum Gasteiger partial charge on any atom is -0.497 e. The molecule has 0 aromatic heterocycles. The highest BCUT2D eigenvalue weighted by atomic mass is 32.1. The zero-order valence-corrected chi connectivity index (χ0v) is 19.4. The van der Waals surface area contributed by atoms with E-state index in [1.807, 2.05) is 30.9 Å². The van der Waals surface area contributed by atoms with E-state index < -0.39 is 12.0 Å². The highest BCUT2D eigenvalue weighted by Gasteiger charge is 2.34. The van der Waals surface area contributed by atoms with E-state index in [4.69, 9.17) is 21.7 Å². The molecule has 2 aromatic carbocycles. The minimum absolute atomic E-state index is 0.223. The molecule has 1 heterocycles. The Bertz CT molecular complexity index is 1030. The zero-order valence-electron chi connectivity index (χ0n) is 18.6. The second kappa shape index (κ2) is 10.3. The van der Waals surface area contributed by atoms with E-state index in [0.29, 0.717) is 40.7 Å². The number of ether oxygens (including phenoxy) is 2. The molecule has 0 bridgehead atoms. The maximum absolute atomic E-state index is 12.6. The number of rotatable bonds is 7. The first-order valence-electron chi connectivity index (χ1n) is 10.4. The second-order valence-corrected chi connectivity index (χ2v) is 7.52. The summed E-state index contributed by atoms with van der Waals surface area (Å²) in [5, 5.41) is 6.71. The lowest BCUT2D eigenvalue weighted by Crippen LogP contribution is -2.48. The SMILES string of the molecule is CCC1=C(C(=O)OC)C(c2ccc(NC(=O)c3ccc(OC)cc3)cc2)NC(=S)N1CC. The van der Waals surface area contributed by atoms with E-state index in [2.05, 4.69) is 10.6 Å². The summed E-state index contributed by atoms with van der Waals surface area (Å²) in [6, 6.07) is 13.8. The van der Waals surface area contributed by atoms with E-state index >= 15 is 0 Å². The Hall–Kier alpha value is -3.39. The molecule has 0 radical (unpaired) electrons. The van der Waals surface area contributed by atoms with Crippen molar-refractivity contribution in [2.75, 3.05) is 26.1 Å². The van der Waals surface area contributed by atoms with Gasteiger partial charge in [0.25, 0.3) is 5.91 Å². The maximum atomic E-state index is 12.6. The van der Waals surface area contributed by atoms with Crippen LogP contribution in [-0.4, -0.2) is 42.7 Å². The van der Waals surface area contributed by atoms with Crippen molar-refractivity contribution in [1.82, 2.24) is 10.2 Å². The fourth-order valence-electron chi connectivity index (χ4n) is 3.72. The number of hydrogen-bond acceptors (Lipinski definition) is 5. The number of hydrogen-bond donors (Lipinski definition) is 2. The predicted molar refractivity (Wildman–Crippen MR) is 128 cm³/mol. The number of methoxy groups -OCH3 is 2. The summed E-state index contributed by atoms with van der Waals surface area (Å²) < 4.78 is 10.2. The van der Waals surface area contributed by atoms with Gasteiger partial charge in [0.1, 0.15) is 5.75 Å². The van der Waals surface area contributed by atoms with Crippen LogP contribution in [0.4, 0.5) is 5.69 Å². The molecule has 2 aromatic rings. The predicted octanol–water partition coefficient (Wildman–Crippen LogP) is 4.04. The van der Waals surface area contributed by atoms with Crippen molar-refractivity contribution in [3.63, 3.8) is 0 Å². The summed E-state index contributed by atoms with van der Waals surface area (Å²) in [5.74, 6) is 0.0721. The molecule has 0 fully saturated rings. The fourth-order valence-corrected chi connectivity index (χ4v) is 4.08. The molecule has 7 nitrogen and oxygen atoms in total. The molecule has 32 heavy (non-hydrogen) atoms. The van der Waals surface area contributed by atoms with Gasteiger partial charge in [-0.1, -0.05) is 19.1 Å². The Morgan fingerprint density at radius 2 is 1.72 bits per heavy atom. The quantitative estimate of drug-likeness (QED) is 0.484. The van der Waals surface area contributed by atoms with Gasteiger partial charge in [-0.05, 0) is 67.5 Å². The molecular formula is C24H27N3O4S. The third kappa shape index (κ3) is 4.75. The van der Waals surface area contributed by atoms with Crippen molar-refractivity contribution in [3.8, 4) is 5.75 Å². The zero-order chi connectivity index (χ0) is 23.3. The van der Waals surface area contributed by atoms with Crippen LogP contribution in [0.5, 0.6) is 5.75 Å². The number of nitrogens with one attached hydrogen (secondary N) is 2. The average Bonchev–Trinajstić information content (AvgIpc) is 2.83. The molecule has 1 amide bonds. The number of esters is 1. The van der Waals surface area contributed by atoms with Gasteiger partial charge in [-0.15, -0.1) is 0 Å². The van der Waals surface area contributed by atoms with Crippen LogP contribution in [0.25, 0.3) is 0 Å². The monoisotopic (exact) mass is 453 g/mol. The Morgan fingerprint density at radius 1 is 1.06 bits per heavy atom. The first-order chi connectivity index (χ1) is 15.4. The summed E-state index contributed by atoms with van der Waals surface area (Å²) in [4.78, 5) is 27.1. The summed E-state index contributed by atoms with van der Waals surface area (Å²) in [6.07, 6.45) is 0.645. The van der Waals surface area contributed by atoms with Crippen LogP contribution >= 0.6 is 12.2 Å². The van der Waals surface area contributed by atoms with E-state index in [1.54, 1.807) is 43.5 Å². The van der Waals surface area contributed by atoms with Gasteiger partial charge in [0.15, 0.2) is 5.11 Å². The number of benzene rings is 2. The smallest absolute Gasteiger partial charge is 0.337 e. The molecule has 1 aliphatic rings. The summed E-state index contributed by atoms with van der Waals surface area (Å²) in [7, 11) is 2.95. The summed E-state index contributed by atoms with van der Waals surface area (Å²) in [5.41, 5.74) is 3.40. The third-order valence-corrected chi connectivity index (χ3v) is 5.69. The number of allylic oxidation sites excluding steroid dienone is 1. The van der Waals surface area contributed by atoms with Crippen LogP contribution in [0.3, 0.4) is 0 Å². The molecule has 3 rings (SSSR count). The summed E-state index contributed by atoms with van der Waals surface area (Å²) in [6.45, 7) is 4.63. The second-order valence-electron chi connectivity index (χ2n) is 7.14. The van der Waals surface area contributed by atoms with E-state index in [-0.39, 0.29) is 5.91 Å². The molecule has 1 atom stereocenters. The van der Waals surface area contributed by atoms with Crippen LogP contribution in [0, 0.1) is 0 Å². The Balaban J connectivity index is 1.85. The maximum Gasteiger partial charge on any atom is 0.337 e. The Kier molecular flexibility index (Phi) is 7.48. The van der Waals surface area contributed by atoms with Gasteiger partial charge in [-0.25, -0.2) is 4.79 Å². The molecular weight excluding hydrogens is 426 g/mol. The minimum atomic E-state index is -0.431. The van der Waals surface area contributed by atoms with Gasteiger partial charge in [-0.2, -0.15) is 0 Å². The number of carbonyl (C=O) groups is 2. The lowest BCUT2D eigenvalue weighted by atomic mass is 9.93. The molecule has 2 N–H and O–H groups in total. The number of anilines is 1. The van der Waals surface area contributed by atoms with Crippen molar-refractivity contribution in [1.29, 1.82) is 0 Å². The van der Waals surface area contributed by atoms with Crippen LogP contribution in [0.1, 0.15) is 42.2 Å². The van der Waals surface area contributed by atoms with E-state index in [1.165, 1.54) is 7.11 Å². The van der Waals surface area contributed by atoms with Crippen LogP contribution in [-0.2, 0) is 9.53 Å². The highest BCUT2D eigenvalue weighted by Crippen LogP contribution is 2.33. The van der Waals surface area contributed by atoms with Gasteiger partial charge in [0, 0.05) is 23.5 Å². The molecule has 0 spiro atoms. The first kappa shape index (κ1) is 23.3. The van der Waals surface area contributed by atoms with Crippen LogP contribution in [0.15, 0.2) is 59.8 Å². The van der Waals surface area contributed by atoms with Gasteiger partial charge < -0.3 is 25.0 Å². The lowest BCUT2D eigenvalue weighted by Gasteiger charge is -2.38. The fraction of sp³-hybridized carbons (Fsp3) is 0.292. The third-order valence-electron chi connectivity index (χ3n) is 5.35. The summed E-state index contributed by atoms with van der Waals surface area (Å²) >= 11 is 5.54. The standard InChI is InChI=1S/C24H27N3O4S/c1-5-19-20(23(29)31-4)21(26-24(32)27(19)6-2)15-7-11-17(12-8-15)25-22(28)16-9-13-18(30-3)14-10-16/h7-14,21H,5-6H2,1-4H3,(H,25,28)(H,26,32). The van der Waals surface area contributed by atoms with Crippen molar-refractivity contribution in [2.45, 2.75) is 26.3 Å². The molecule has 1 aliphatic heterocycles. The first-order valence-corrected chi connectivity index (χ1v) is 10.8. The van der Waals surface area contributed by atoms with E-state index in [0.717, 1.165) is 11.3 Å². The number of carbonyl (C=O) groups excluding carboxylic acids is 2. The molecule has 0 saturated carbocycles.